The molecule has 1 unspecified atom stereocenters. The van der Waals surface area contributed by atoms with E-state index in [1.165, 1.54) is 5.56 Å². The van der Waals surface area contributed by atoms with Gasteiger partial charge in [0.25, 0.3) is 0 Å². The summed E-state index contributed by atoms with van der Waals surface area (Å²) in [5.41, 5.74) is 7.89. The Morgan fingerprint density at radius 1 is 1.22 bits per heavy atom. The third-order valence-corrected chi connectivity index (χ3v) is 5.85. The number of hydrogen-bond donors (Lipinski definition) is 2. The van der Waals surface area contributed by atoms with Crippen molar-refractivity contribution in [3.8, 4) is 5.75 Å². The van der Waals surface area contributed by atoms with Gasteiger partial charge in [-0.2, -0.15) is 0 Å². The van der Waals surface area contributed by atoms with Crippen molar-refractivity contribution >= 4 is 5.91 Å². The Kier molecular flexibility index (Phi) is 4.89. The lowest BCUT2D eigenvalue weighted by atomic mass is 9.80. The summed E-state index contributed by atoms with van der Waals surface area (Å²) in [5, 5.41) is 3.67. The van der Waals surface area contributed by atoms with Crippen LogP contribution in [0.15, 0.2) is 48.5 Å². The molecule has 0 saturated carbocycles. The molecule has 2 aliphatic heterocycles. The van der Waals surface area contributed by atoms with E-state index in [1.54, 1.807) is 19.2 Å². The monoisotopic (exact) mass is 366 g/mol. The van der Waals surface area contributed by atoms with Gasteiger partial charge in [-0.3, -0.25) is 4.79 Å². The molecule has 3 N–H and O–H groups in total. The second kappa shape index (κ2) is 7.33. The summed E-state index contributed by atoms with van der Waals surface area (Å²) in [6.45, 7) is 0.996. The highest BCUT2D eigenvalue weighted by molar-refractivity contribution is 5.93. The van der Waals surface area contributed by atoms with Crippen LogP contribution in [0.1, 0.15) is 59.3 Å². The molecule has 3 atom stereocenters. The molecule has 5 nitrogen and oxygen atoms in total. The van der Waals surface area contributed by atoms with E-state index in [-0.39, 0.29) is 17.7 Å². The number of nitrogens with one attached hydrogen (secondary N) is 1. The van der Waals surface area contributed by atoms with Crippen LogP contribution in [0, 0.1) is 0 Å². The zero-order valence-corrected chi connectivity index (χ0v) is 15.6. The van der Waals surface area contributed by atoms with Crippen molar-refractivity contribution in [1.82, 2.24) is 5.32 Å². The molecule has 2 aliphatic rings. The molecule has 27 heavy (non-hydrogen) atoms. The van der Waals surface area contributed by atoms with Gasteiger partial charge in [-0.25, -0.2) is 0 Å². The van der Waals surface area contributed by atoms with E-state index in [2.05, 4.69) is 29.6 Å². The van der Waals surface area contributed by atoms with Crippen molar-refractivity contribution in [2.45, 2.75) is 43.4 Å². The maximum absolute atomic E-state index is 11.6. The average Bonchev–Trinajstić information content (AvgIpc) is 3.12. The van der Waals surface area contributed by atoms with Crippen molar-refractivity contribution in [3.63, 3.8) is 0 Å². The second-order valence-corrected chi connectivity index (χ2v) is 7.43. The van der Waals surface area contributed by atoms with Crippen LogP contribution in [0.4, 0.5) is 0 Å². The van der Waals surface area contributed by atoms with E-state index in [4.69, 9.17) is 15.2 Å². The highest BCUT2D eigenvalue weighted by atomic mass is 16.5. The van der Waals surface area contributed by atoms with Crippen molar-refractivity contribution < 1.29 is 14.3 Å². The van der Waals surface area contributed by atoms with Crippen LogP contribution >= 0.6 is 0 Å². The van der Waals surface area contributed by atoms with Gasteiger partial charge < -0.3 is 20.5 Å². The van der Waals surface area contributed by atoms with E-state index in [0.717, 1.165) is 43.5 Å². The molecular weight excluding hydrogens is 340 g/mol. The molecule has 0 bridgehead atoms. The molecule has 0 aliphatic carbocycles. The van der Waals surface area contributed by atoms with E-state index >= 15 is 0 Å². The molecule has 1 spiro atoms. The highest BCUT2D eigenvalue weighted by Gasteiger charge is 2.48. The van der Waals surface area contributed by atoms with Crippen LogP contribution in [-0.2, 0) is 4.74 Å². The Labute approximate surface area is 159 Å². The molecule has 5 heteroatoms. The van der Waals surface area contributed by atoms with Crippen LogP contribution in [0.3, 0.4) is 0 Å². The minimum Gasteiger partial charge on any atom is -0.496 e. The molecule has 2 heterocycles. The predicted octanol–water partition coefficient (Wildman–Crippen LogP) is 3.51. The topological polar surface area (TPSA) is 73.6 Å². The number of carbonyl (C=O) groups is 1. The van der Waals surface area contributed by atoms with Gasteiger partial charge in [0, 0.05) is 11.1 Å². The number of carbonyl (C=O) groups excluding carboxylic acids is 1. The first-order valence-electron chi connectivity index (χ1n) is 9.57. The number of benzene rings is 2. The zero-order valence-electron chi connectivity index (χ0n) is 15.6. The average molecular weight is 366 g/mol. The minimum absolute atomic E-state index is 0.106. The predicted molar refractivity (Wildman–Crippen MR) is 104 cm³/mol. The van der Waals surface area contributed by atoms with Gasteiger partial charge in [0.2, 0.25) is 5.91 Å². The summed E-state index contributed by atoms with van der Waals surface area (Å²) in [6.07, 6.45) is 3.87. The Balaban J connectivity index is 1.66. The molecule has 142 valence electrons. The van der Waals surface area contributed by atoms with Crippen molar-refractivity contribution in [2.24, 2.45) is 5.73 Å². The third-order valence-electron chi connectivity index (χ3n) is 5.85. The normalized spacial score (nSPS) is 27.6. The Morgan fingerprint density at radius 2 is 2.04 bits per heavy atom. The minimum atomic E-state index is -0.437. The van der Waals surface area contributed by atoms with Crippen LogP contribution < -0.4 is 15.8 Å². The lowest BCUT2D eigenvalue weighted by Gasteiger charge is -2.42. The number of amides is 1. The molecule has 1 amide bonds. The highest BCUT2D eigenvalue weighted by Crippen LogP contribution is 2.51. The molecule has 0 aromatic heterocycles. The van der Waals surface area contributed by atoms with Gasteiger partial charge in [0.15, 0.2) is 0 Å². The van der Waals surface area contributed by atoms with Crippen LogP contribution in [0.2, 0.25) is 0 Å². The van der Waals surface area contributed by atoms with E-state index in [9.17, 15) is 4.79 Å². The van der Waals surface area contributed by atoms with Crippen LogP contribution in [0.5, 0.6) is 5.75 Å². The van der Waals surface area contributed by atoms with Gasteiger partial charge in [-0.05, 0) is 56.0 Å². The number of piperidine rings is 1. The molecule has 2 fully saturated rings. The molecule has 0 radical (unpaired) electrons. The lowest BCUT2D eigenvalue weighted by Crippen LogP contribution is -2.48. The summed E-state index contributed by atoms with van der Waals surface area (Å²) in [4.78, 5) is 11.6. The van der Waals surface area contributed by atoms with Gasteiger partial charge in [0.05, 0.1) is 24.9 Å². The smallest absolute Gasteiger partial charge is 0.248 e. The molecule has 2 aromatic rings. The summed E-state index contributed by atoms with van der Waals surface area (Å²) >= 11 is 0. The van der Waals surface area contributed by atoms with Crippen LogP contribution in [-0.4, -0.2) is 25.2 Å². The van der Waals surface area contributed by atoms with Gasteiger partial charge in [-0.15, -0.1) is 0 Å². The largest absolute Gasteiger partial charge is 0.496 e. The Hall–Kier alpha value is -2.37. The standard InChI is InChI=1S/C22H26N2O3/c1-26-18-9-8-16(21(23)25)14-17(18)19-10-12-22(27-19)11-5-13-24-20(22)15-6-3-2-4-7-15/h2-4,6-9,14,19-20,24H,5,10-13H2,1H3,(H2,23,25)/t19?,20-,22+/m0/s1. The van der Waals surface area contributed by atoms with Crippen LogP contribution in [0.25, 0.3) is 0 Å². The van der Waals surface area contributed by atoms with Crippen molar-refractivity contribution in [3.05, 3.63) is 65.2 Å². The molecule has 2 saturated heterocycles. The van der Waals surface area contributed by atoms with Gasteiger partial charge in [0.1, 0.15) is 5.75 Å². The first kappa shape index (κ1) is 18.0. The number of hydrogen-bond acceptors (Lipinski definition) is 4. The van der Waals surface area contributed by atoms with Crippen molar-refractivity contribution in [1.29, 1.82) is 0 Å². The number of methoxy groups -OCH3 is 1. The quantitative estimate of drug-likeness (QED) is 0.868. The molecule has 2 aromatic carbocycles. The van der Waals surface area contributed by atoms with Gasteiger partial charge >= 0.3 is 0 Å². The van der Waals surface area contributed by atoms with Gasteiger partial charge in [-0.1, -0.05) is 30.3 Å². The van der Waals surface area contributed by atoms with E-state index < -0.39 is 5.91 Å². The summed E-state index contributed by atoms with van der Waals surface area (Å²) in [6, 6.07) is 16.0. The number of ether oxygens (including phenoxy) is 2. The van der Waals surface area contributed by atoms with E-state index in [0.29, 0.717) is 5.56 Å². The fraction of sp³-hybridized carbons (Fsp3) is 0.409. The number of primary amides is 1. The van der Waals surface area contributed by atoms with E-state index in [1.807, 2.05) is 12.1 Å². The second-order valence-electron chi connectivity index (χ2n) is 7.43. The summed E-state index contributed by atoms with van der Waals surface area (Å²) in [5.74, 6) is 0.301. The fourth-order valence-corrected chi connectivity index (χ4v) is 4.56. The summed E-state index contributed by atoms with van der Waals surface area (Å²) in [7, 11) is 1.64. The Morgan fingerprint density at radius 3 is 2.78 bits per heavy atom. The first-order chi connectivity index (χ1) is 13.1. The zero-order chi connectivity index (χ0) is 18.9. The Bertz CT molecular complexity index is 824. The fourth-order valence-electron chi connectivity index (χ4n) is 4.56. The summed E-state index contributed by atoms with van der Waals surface area (Å²) < 4.78 is 12.3. The number of nitrogens with two attached hydrogens (primary N) is 1. The first-order valence-corrected chi connectivity index (χ1v) is 9.57. The number of rotatable bonds is 4. The maximum atomic E-state index is 11.6. The maximum Gasteiger partial charge on any atom is 0.248 e. The molecule has 4 rings (SSSR count). The lowest BCUT2D eigenvalue weighted by molar-refractivity contribution is -0.0849. The third kappa shape index (κ3) is 3.33. The van der Waals surface area contributed by atoms with Crippen molar-refractivity contribution in [2.75, 3.05) is 13.7 Å². The molecular formula is C22H26N2O3. The SMILES string of the molecule is COc1ccc(C(N)=O)cc1C1CC[C@@]2(CCCN[C@H]2c2ccccc2)O1.